The van der Waals surface area contributed by atoms with Gasteiger partial charge in [0.2, 0.25) is 0 Å². The van der Waals surface area contributed by atoms with Crippen LogP contribution < -0.4 is 5.73 Å². The first-order chi connectivity index (χ1) is 6.24. The summed E-state index contributed by atoms with van der Waals surface area (Å²) in [4.78, 5) is 1.29. The molecular weight excluding hydrogens is 178 g/mol. The zero-order valence-corrected chi connectivity index (χ0v) is 9.40. The van der Waals surface area contributed by atoms with Crippen LogP contribution in [0.4, 0.5) is 0 Å². The summed E-state index contributed by atoms with van der Waals surface area (Å²) in [7, 11) is 0. The molecule has 1 aromatic carbocycles. The summed E-state index contributed by atoms with van der Waals surface area (Å²) in [5.74, 6) is 0. The second-order valence-electron chi connectivity index (χ2n) is 2.56. The number of benzene rings is 1. The van der Waals surface area contributed by atoms with E-state index in [0.717, 1.165) is 0 Å². The summed E-state index contributed by atoms with van der Waals surface area (Å²) in [5, 5.41) is 0. The largest absolute Gasteiger partial charge is 0.324 e. The third-order valence-electron chi connectivity index (χ3n) is 1.64. The Morgan fingerprint density at radius 1 is 1.23 bits per heavy atom. The second-order valence-corrected chi connectivity index (χ2v) is 3.44. The Bertz CT molecular complexity index is 216. The van der Waals surface area contributed by atoms with E-state index >= 15 is 0 Å². The molecule has 1 nitrogen and oxygen atoms in total. The quantitative estimate of drug-likeness (QED) is 0.580. The Balaban J connectivity index is 0.000000671. The lowest BCUT2D eigenvalue weighted by atomic mass is 10.1. The van der Waals surface area contributed by atoms with Crippen molar-refractivity contribution in [2.24, 2.45) is 5.73 Å². The highest BCUT2D eigenvalue weighted by Crippen LogP contribution is 2.17. The normalized spacial score (nSPS) is 11.4. The predicted molar refractivity (Wildman–Crippen MR) is 61.9 cm³/mol. The maximum absolute atomic E-state index is 5.70. The summed E-state index contributed by atoms with van der Waals surface area (Å²) in [6.45, 7) is 6.99. The second kappa shape index (κ2) is 6.87. The van der Waals surface area contributed by atoms with E-state index < -0.39 is 0 Å². The molecule has 13 heavy (non-hydrogen) atoms. The van der Waals surface area contributed by atoms with Crippen molar-refractivity contribution in [1.29, 1.82) is 0 Å². The Hall–Kier alpha value is -0.600. The molecule has 0 aliphatic heterocycles. The highest BCUT2D eigenvalue weighted by atomic mass is 32.2. The first-order valence-electron chi connectivity index (χ1n) is 4.34. The van der Waals surface area contributed by atoms with Gasteiger partial charge in [0.05, 0.1) is 13.8 Å². The van der Waals surface area contributed by atoms with Crippen LogP contribution in [0.5, 0.6) is 0 Å². The molecule has 0 spiro atoms. The van der Waals surface area contributed by atoms with Gasteiger partial charge in [0.1, 0.15) is 0 Å². The van der Waals surface area contributed by atoms with Crippen molar-refractivity contribution >= 4 is 11.8 Å². The molecule has 0 aliphatic rings. The number of hydrogen-bond acceptors (Lipinski definition) is 2. The Labute approximate surface area is 85.7 Å². The molecular formula is C11H18NS+. The molecule has 0 amide bonds. The molecule has 0 saturated carbocycles. The van der Waals surface area contributed by atoms with Crippen LogP contribution in [0.25, 0.3) is 0 Å². The smallest absolute Gasteiger partial charge is 0.0746 e. The van der Waals surface area contributed by atoms with Crippen molar-refractivity contribution in [3.05, 3.63) is 36.8 Å². The van der Waals surface area contributed by atoms with Crippen molar-refractivity contribution in [3.63, 3.8) is 0 Å². The minimum absolute atomic E-state index is 0.144. The molecule has 1 atom stereocenters. The predicted octanol–water partition coefficient (Wildman–Crippen LogP) is 3.27. The van der Waals surface area contributed by atoms with Crippen LogP contribution in [0.1, 0.15) is 25.5 Å². The maximum Gasteiger partial charge on any atom is 0.0746 e. The first-order valence-corrected chi connectivity index (χ1v) is 5.56. The minimum Gasteiger partial charge on any atom is -0.324 e. The van der Waals surface area contributed by atoms with Gasteiger partial charge in [-0.25, -0.2) is 0 Å². The van der Waals surface area contributed by atoms with E-state index in [4.69, 9.17) is 5.73 Å². The zero-order chi connectivity index (χ0) is 10.3. The van der Waals surface area contributed by atoms with Gasteiger partial charge in [-0.1, -0.05) is 12.1 Å². The average molecular weight is 196 g/mol. The Morgan fingerprint density at radius 2 is 1.69 bits per heavy atom. The van der Waals surface area contributed by atoms with Crippen molar-refractivity contribution < 1.29 is 0 Å². The van der Waals surface area contributed by atoms with E-state index in [9.17, 15) is 0 Å². The monoisotopic (exact) mass is 196 g/mol. The number of nitrogens with two attached hydrogens (primary N) is 1. The maximum atomic E-state index is 5.70. The van der Waals surface area contributed by atoms with E-state index in [1.807, 2.05) is 6.92 Å². The third-order valence-corrected chi connectivity index (χ3v) is 2.39. The van der Waals surface area contributed by atoms with Crippen LogP contribution >= 0.6 is 11.8 Å². The number of rotatable bonds is 2. The van der Waals surface area contributed by atoms with Crippen LogP contribution in [0, 0.1) is 6.92 Å². The number of thioether (sulfide) groups is 1. The van der Waals surface area contributed by atoms with E-state index in [1.54, 1.807) is 18.7 Å². The van der Waals surface area contributed by atoms with Crippen LogP contribution in [-0.2, 0) is 0 Å². The van der Waals surface area contributed by atoms with Gasteiger partial charge in [0.25, 0.3) is 0 Å². The molecule has 72 valence electrons. The standard InChI is InChI=1S/C9H13NS.C2H5/c1-7(10)8-3-5-9(11-2)6-4-8;1-2/h3-7H,10H2,1-2H3;1H2,2H3/q;+1. The molecule has 1 rings (SSSR count). The average Bonchev–Trinajstić information content (AvgIpc) is 2.21. The molecule has 2 N–H and O–H groups in total. The Kier molecular flexibility index (Phi) is 6.55. The van der Waals surface area contributed by atoms with Gasteiger partial charge in [-0.05, 0) is 30.9 Å². The zero-order valence-electron chi connectivity index (χ0n) is 8.58. The van der Waals surface area contributed by atoms with Crippen LogP contribution in [0.2, 0.25) is 0 Å². The summed E-state index contributed by atoms with van der Waals surface area (Å²) in [6.07, 6.45) is 2.07. The fourth-order valence-electron chi connectivity index (χ4n) is 0.907. The Morgan fingerprint density at radius 3 is 2.00 bits per heavy atom. The number of hydrogen-bond donors (Lipinski definition) is 1. The van der Waals surface area contributed by atoms with Crippen LogP contribution in [-0.4, -0.2) is 6.26 Å². The van der Waals surface area contributed by atoms with Gasteiger partial charge in [0.15, 0.2) is 0 Å². The summed E-state index contributed by atoms with van der Waals surface area (Å²) in [5.41, 5.74) is 6.90. The van der Waals surface area contributed by atoms with Crippen molar-refractivity contribution in [2.75, 3.05) is 6.26 Å². The molecule has 0 saturated heterocycles. The molecule has 1 unspecified atom stereocenters. The fraction of sp³-hybridized carbons (Fsp3) is 0.364. The minimum atomic E-state index is 0.144. The lowest BCUT2D eigenvalue weighted by molar-refractivity contribution is 0.817. The third kappa shape index (κ3) is 4.25. The lowest BCUT2D eigenvalue weighted by Crippen LogP contribution is -2.04. The first kappa shape index (κ1) is 12.4. The molecule has 2 heteroatoms. The topological polar surface area (TPSA) is 26.0 Å². The molecule has 0 radical (unpaired) electrons. The van der Waals surface area contributed by atoms with Gasteiger partial charge in [0, 0.05) is 10.9 Å². The van der Waals surface area contributed by atoms with Gasteiger partial charge in [-0.3, -0.25) is 0 Å². The highest BCUT2D eigenvalue weighted by Gasteiger charge is 1.97. The van der Waals surface area contributed by atoms with E-state index in [0.29, 0.717) is 0 Å². The van der Waals surface area contributed by atoms with Crippen LogP contribution in [0.15, 0.2) is 29.2 Å². The summed E-state index contributed by atoms with van der Waals surface area (Å²) >= 11 is 1.75. The van der Waals surface area contributed by atoms with E-state index in [1.165, 1.54) is 10.5 Å². The van der Waals surface area contributed by atoms with Gasteiger partial charge in [-0.15, -0.1) is 11.8 Å². The lowest BCUT2D eigenvalue weighted by Gasteiger charge is -2.04. The van der Waals surface area contributed by atoms with E-state index in [2.05, 4.69) is 37.4 Å². The molecule has 0 fully saturated rings. The molecule has 0 aliphatic carbocycles. The summed E-state index contributed by atoms with van der Waals surface area (Å²) in [6, 6.07) is 8.51. The van der Waals surface area contributed by atoms with E-state index in [-0.39, 0.29) is 6.04 Å². The summed E-state index contributed by atoms with van der Waals surface area (Å²) < 4.78 is 0. The van der Waals surface area contributed by atoms with Gasteiger partial charge in [-0.2, -0.15) is 0 Å². The van der Waals surface area contributed by atoms with Crippen LogP contribution in [0.3, 0.4) is 0 Å². The van der Waals surface area contributed by atoms with Crippen molar-refractivity contribution in [1.82, 2.24) is 0 Å². The molecule has 1 aromatic rings. The van der Waals surface area contributed by atoms with Crippen molar-refractivity contribution in [2.45, 2.75) is 24.8 Å². The van der Waals surface area contributed by atoms with Gasteiger partial charge < -0.3 is 5.73 Å². The molecule has 0 aromatic heterocycles. The SMILES string of the molecule is CSc1ccc(C(C)N)cc1.[CH2+]C. The van der Waals surface area contributed by atoms with Gasteiger partial charge >= 0.3 is 0 Å². The van der Waals surface area contributed by atoms with Crippen molar-refractivity contribution in [3.8, 4) is 0 Å². The fourth-order valence-corrected chi connectivity index (χ4v) is 1.32. The molecule has 0 bridgehead atoms. The molecule has 0 heterocycles. The highest BCUT2D eigenvalue weighted by molar-refractivity contribution is 7.98.